The van der Waals surface area contributed by atoms with Crippen molar-refractivity contribution in [3.05, 3.63) is 23.7 Å². The molecule has 1 atom stereocenters. The highest BCUT2D eigenvalue weighted by Crippen LogP contribution is 2.49. The molecule has 0 aliphatic heterocycles. The number of phosphoric acid groups is 1. The maximum absolute atomic E-state index is 12.6. The zero-order valence-electron chi connectivity index (χ0n) is 17.0. The Balaban J connectivity index is 2.40. The molecule has 158 valence electrons. The summed E-state index contributed by atoms with van der Waals surface area (Å²) in [7, 11) is -3.56. The maximum Gasteiger partial charge on any atom is 0.474 e. The summed E-state index contributed by atoms with van der Waals surface area (Å²) in [4.78, 5) is 0. The van der Waals surface area contributed by atoms with Crippen LogP contribution in [-0.4, -0.2) is 43.7 Å². The molecule has 0 aromatic carbocycles. The minimum Gasteiger partial charge on any atom is -0.504 e. The largest absolute Gasteiger partial charge is 0.504 e. The molecule has 0 spiro atoms. The smallest absolute Gasteiger partial charge is 0.474 e. The van der Waals surface area contributed by atoms with Crippen molar-refractivity contribution in [2.45, 2.75) is 72.0 Å². The molecule has 1 rings (SSSR count). The van der Waals surface area contributed by atoms with E-state index in [1.54, 1.807) is 12.2 Å². The molecule has 8 heteroatoms. The minimum absolute atomic E-state index is 0.0240. The predicted molar refractivity (Wildman–Crippen MR) is 105 cm³/mol. The van der Waals surface area contributed by atoms with Crippen molar-refractivity contribution in [2.75, 3.05) is 26.4 Å². The van der Waals surface area contributed by atoms with Crippen LogP contribution in [0.4, 0.5) is 0 Å². The highest BCUT2D eigenvalue weighted by atomic mass is 31.2. The van der Waals surface area contributed by atoms with E-state index in [-0.39, 0.29) is 31.2 Å². The summed E-state index contributed by atoms with van der Waals surface area (Å²) in [5.74, 6) is 0.632. The van der Waals surface area contributed by atoms with Gasteiger partial charge in [-0.1, -0.05) is 32.8 Å². The van der Waals surface area contributed by atoms with E-state index in [1.165, 1.54) is 0 Å². The molecule has 1 aliphatic carbocycles. The second kappa shape index (κ2) is 13.3. The summed E-state index contributed by atoms with van der Waals surface area (Å²) < 4.78 is 40.1. The van der Waals surface area contributed by atoms with Gasteiger partial charge in [-0.3, -0.25) is 13.6 Å². The first-order valence-electron chi connectivity index (χ1n) is 9.82. The average molecular weight is 406 g/mol. The van der Waals surface area contributed by atoms with E-state index in [0.29, 0.717) is 25.4 Å². The Morgan fingerprint density at radius 1 is 1.07 bits per heavy atom. The number of aliphatic hydroxyl groups excluding tert-OH is 1. The lowest BCUT2D eigenvalue weighted by atomic mass is 10.1. The van der Waals surface area contributed by atoms with E-state index < -0.39 is 7.82 Å². The standard InChI is InChI=1S/C19H35O7P/c1-5-7-11-23-27(21,24-12-8-6-2)25-14-13-22-17-9-10-18(20)19(15-17)26-16(3)4/h9-10,16-17,20H,5-8,11-15H2,1-4H3. The third-order valence-electron chi connectivity index (χ3n) is 3.68. The van der Waals surface area contributed by atoms with Crippen molar-refractivity contribution in [3.8, 4) is 0 Å². The van der Waals surface area contributed by atoms with E-state index in [0.717, 1.165) is 25.7 Å². The van der Waals surface area contributed by atoms with Gasteiger partial charge in [-0.2, -0.15) is 0 Å². The van der Waals surface area contributed by atoms with Crippen molar-refractivity contribution in [3.63, 3.8) is 0 Å². The number of aliphatic hydroxyl groups is 1. The van der Waals surface area contributed by atoms with Gasteiger partial charge in [0.2, 0.25) is 0 Å². The van der Waals surface area contributed by atoms with E-state index in [9.17, 15) is 9.67 Å². The fourth-order valence-corrected chi connectivity index (χ4v) is 3.48. The summed E-state index contributed by atoms with van der Waals surface area (Å²) in [5, 5.41) is 9.84. The Morgan fingerprint density at radius 3 is 2.22 bits per heavy atom. The zero-order chi connectivity index (χ0) is 20.1. The van der Waals surface area contributed by atoms with Crippen LogP contribution in [0.15, 0.2) is 23.7 Å². The lowest BCUT2D eigenvalue weighted by molar-refractivity contribution is 0.0260. The van der Waals surface area contributed by atoms with E-state index >= 15 is 0 Å². The van der Waals surface area contributed by atoms with Gasteiger partial charge >= 0.3 is 7.82 Å². The van der Waals surface area contributed by atoms with Crippen LogP contribution in [0.1, 0.15) is 59.8 Å². The third-order valence-corrected chi connectivity index (χ3v) is 5.17. The van der Waals surface area contributed by atoms with Gasteiger partial charge in [0.05, 0.1) is 38.6 Å². The highest BCUT2D eigenvalue weighted by Gasteiger charge is 2.26. The Morgan fingerprint density at radius 2 is 1.67 bits per heavy atom. The molecule has 0 radical (unpaired) electrons. The third kappa shape index (κ3) is 10.3. The van der Waals surface area contributed by atoms with Crippen LogP contribution in [0.2, 0.25) is 0 Å². The first-order valence-corrected chi connectivity index (χ1v) is 11.3. The lowest BCUT2D eigenvalue weighted by Gasteiger charge is -2.23. The molecule has 0 fully saturated rings. The van der Waals surface area contributed by atoms with Crippen LogP contribution in [0.3, 0.4) is 0 Å². The minimum atomic E-state index is -3.56. The molecule has 7 nitrogen and oxygen atoms in total. The molecule has 1 aliphatic rings. The summed E-state index contributed by atoms with van der Waals surface area (Å²) in [6.45, 7) is 8.86. The predicted octanol–water partition coefficient (Wildman–Crippen LogP) is 5.28. The normalized spacial score (nSPS) is 17.7. The summed E-state index contributed by atoms with van der Waals surface area (Å²) in [6.07, 6.45) is 6.98. The maximum atomic E-state index is 12.6. The molecular formula is C19H35O7P. The van der Waals surface area contributed by atoms with Crippen LogP contribution >= 0.6 is 7.82 Å². The van der Waals surface area contributed by atoms with Gasteiger partial charge in [-0.05, 0) is 32.8 Å². The van der Waals surface area contributed by atoms with Crippen molar-refractivity contribution < 1.29 is 32.7 Å². The first-order chi connectivity index (χ1) is 12.9. The van der Waals surface area contributed by atoms with Crippen LogP contribution in [0, 0.1) is 0 Å². The average Bonchev–Trinajstić information content (AvgIpc) is 2.61. The van der Waals surface area contributed by atoms with Crippen LogP contribution in [0.25, 0.3) is 0 Å². The van der Waals surface area contributed by atoms with Gasteiger partial charge in [0.25, 0.3) is 0 Å². The van der Waals surface area contributed by atoms with Crippen LogP contribution < -0.4 is 0 Å². The van der Waals surface area contributed by atoms with Crippen LogP contribution in [0.5, 0.6) is 0 Å². The fraction of sp³-hybridized carbons (Fsp3) is 0.789. The molecule has 0 saturated carbocycles. The first kappa shape index (κ1) is 24.2. The highest BCUT2D eigenvalue weighted by molar-refractivity contribution is 7.48. The quantitative estimate of drug-likeness (QED) is 0.292. The van der Waals surface area contributed by atoms with Crippen LogP contribution in [-0.2, 0) is 27.6 Å². The zero-order valence-corrected chi connectivity index (χ0v) is 17.9. The van der Waals surface area contributed by atoms with E-state index in [2.05, 4.69) is 0 Å². The van der Waals surface area contributed by atoms with Crippen molar-refractivity contribution in [1.82, 2.24) is 0 Å². The number of hydrogen-bond acceptors (Lipinski definition) is 7. The summed E-state index contributed by atoms with van der Waals surface area (Å²) in [6, 6.07) is 0. The Kier molecular flexibility index (Phi) is 12.0. The van der Waals surface area contributed by atoms with E-state index in [4.69, 9.17) is 23.0 Å². The number of unbranched alkanes of at least 4 members (excludes halogenated alkanes) is 2. The van der Waals surface area contributed by atoms with Gasteiger partial charge in [-0.15, -0.1) is 0 Å². The molecule has 1 unspecified atom stereocenters. The van der Waals surface area contributed by atoms with Gasteiger partial charge in [-0.25, -0.2) is 4.57 Å². The number of allylic oxidation sites excluding steroid dienone is 1. The Labute approximate surface area is 163 Å². The number of ether oxygens (including phenoxy) is 2. The Bertz CT molecular complexity index is 502. The molecular weight excluding hydrogens is 371 g/mol. The number of rotatable bonds is 15. The van der Waals surface area contributed by atoms with Crippen molar-refractivity contribution >= 4 is 7.82 Å². The molecule has 0 bridgehead atoms. The number of phosphoric ester groups is 1. The van der Waals surface area contributed by atoms with Crippen molar-refractivity contribution in [2.24, 2.45) is 0 Å². The SMILES string of the molecule is CCCCOP(=O)(OCCCC)OCCOC1C=CC(O)=C(OC(C)C)C1. The number of hydrogen-bond donors (Lipinski definition) is 1. The van der Waals surface area contributed by atoms with Crippen molar-refractivity contribution in [1.29, 1.82) is 0 Å². The second-order valence-corrected chi connectivity index (χ2v) is 8.27. The van der Waals surface area contributed by atoms with Gasteiger partial charge < -0.3 is 14.6 Å². The molecule has 0 aromatic rings. The molecule has 0 saturated heterocycles. The lowest BCUT2D eigenvalue weighted by Crippen LogP contribution is -2.20. The topological polar surface area (TPSA) is 83.5 Å². The molecule has 0 amide bonds. The summed E-state index contributed by atoms with van der Waals surface area (Å²) >= 11 is 0. The molecule has 1 N–H and O–H groups in total. The fourth-order valence-electron chi connectivity index (χ4n) is 2.26. The van der Waals surface area contributed by atoms with Gasteiger partial charge in [0, 0.05) is 6.42 Å². The molecule has 0 heterocycles. The van der Waals surface area contributed by atoms with Gasteiger partial charge in [0.1, 0.15) is 5.76 Å². The second-order valence-electron chi connectivity index (χ2n) is 6.60. The van der Waals surface area contributed by atoms with Gasteiger partial charge in [0.15, 0.2) is 5.76 Å². The molecule has 27 heavy (non-hydrogen) atoms. The Hall–Kier alpha value is -0.850. The summed E-state index contributed by atoms with van der Waals surface area (Å²) in [5.41, 5.74) is 0. The monoisotopic (exact) mass is 406 g/mol. The van der Waals surface area contributed by atoms with E-state index in [1.807, 2.05) is 27.7 Å². The molecule has 0 aromatic heterocycles.